The molecule has 0 radical (unpaired) electrons. The summed E-state index contributed by atoms with van der Waals surface area (Å²) >= 11 is 0. The molecule has 0 amide bonds. The van der Waals surface area contributed by atoms with Gasteiger partial charge >= 0.3 is 5.97 Å². The number of esters is 1. The van der Waals surface area contributed by atoms with Gasteiger partial charge in [0.05, 0.1) is 11.5 Å². The van der Waals surface area contributed by atoms with Gasteiger partial charge in [0.2, 0.25) is 10.0 Å². The van der Waals surface area contributed by atoms with Crippen LogP contribution < -0.4 is 0 Å². The summed E-state index contributed by atoms with van der Waals surface area (Å²) in [5.74, 6) is -1.11. The molecule has 0 saturated heterocycles. The minimum atomic E-state index is -3.83. The van der Waals surface area contributed by atoms with Gasteiger partial charge < -0.3 is 4.74 Å². The summed E-state index contributed by atoms with van der Waals surface area (Å²) in [5, 5.41) is 0. The lowest BCUT2D eigenvalue weighted by Gasteiger charge is -2.16. The number of benzene rings is 1. The second-order valence-electron chi connectivity index (χ2n) is 3.98. The van der Waals surface area contributed by atoms with E-state index in [-0.39, 0.29) is 23.6 Å². The van der Waals surface area contributed by atoms with Gasteiger partial charge in [-0.15, -0.1) is 0 Å². The molecule has 106 valence electrons. The Bertz CT molecular complexity index is 571. The SMILES string of the molecule is CCOC(=O)CN(C)S(=O)(=O)c1ccc(F)c(C)c1. The molecule has 0 aromatic heterocycles. The van der Waals surface area contributed by atoms with Crippen LogP contribution in [-0.2, 0) is 19.6 Å². The molecule has 0 aliphatic heterocycles. The number of ether oxygens (including phenoxy) is 1. The van der Waals surface area contributed by atoms with Crippen LogP contribution in [0.25, 0.3) is 0 Å². The number of hydrogen-bond donors (Lipinski definition) is 0. The number of hydrogen-bond acceptors (Lipinski definition) is 4. The topological polar surface area (TPSA) is 63.7 Å². The molecule has 0 heterocycles. The van der Waals surface area contributed by atoms with E-state index in [4.69, 9.17) is 0 Å². The first-order chi connectivity index (χ1) is 8.78. The average Bonchev–Trinajstić information content (AvgIpc) is 2.32. The molecule has 7 heteroatoms. The van der Waals surface area contributed by atoms with Gasteiger partial charge in [0.1, 0.15) is 12.4 Å². The molecule has 0 fully saturated rings. The van der Waals surface area contributed by atoms with E-state index in [9.17, 15) is 17.6 Å². The van der Waals surface area contributed by atoms with Crippen molar-refractivity contribution in [3.05, 3.63) is 29.6 Å². The molecule has 1 aromatic carbocycles. The summed E-state index contributed by atoms with van der Waals surface area (Å²) in [7, 11) is -2.56. The van der Waals surface area contributed by atoms with E-state index in [0.29, 0.717) is 0 Å². The van der Waals surface area contributed by atoms with Crippen LogP contribution in [0, 0.1) is 12.7 Å². The number of sulfonamides is 1. The Morgan fingerprint density at radius 2 is 2.05 bits per heavy atom. The Hall–Kier alpha value is -1.47. The maximum atomic E-state index is 13.1. The normalized spacial score (nSPS) is 11.6. The van der Waals surface area contributed by atoms with Gasteiger partial charge in [-0.3, -0.25) is 4.79 Å². The quantitative estimate of drug-likeness (QED) is 0.767. The smallest absolute Gasteiger partial charge is 0.321 e. The van der Waals surface area contributed by atoms with E-state index >= 15 is 0 Å². The maximum absolute atomic E-state index is 13.1. The Labute approximate surface area is 112 Å². The Kier molecular flexibility index (Phi) is 5.02. The van der Waals surface area contributed by atoms with E-state index in [0.717, 1.165) is 10.4 Å². The Balaban J connectivity index is 2.96. The highest BCUT2D eigenvalue weighted by atomic mass is 32.2. The standard InChI is InChI=1S/C12H16FNO4S/c1-4-18-12(15)8-14(3)19(16,17)10-5-6-11(13)9(2)7-10/h5-7H,4,8H2,1-3H3. The third-order valence-corrected chi connectivity index (χ3v) is 4.29. The van der Waals surface area contributed by atoms with Gasteiger partial charge in [-0.05, 0) is 37.6 Å². The molecule has 0 atom stereocenters. The molecule has 0 unspecified atom stereocenters. The van der Waals surface area contributed by atoms with E-state index in [1.807, 2.05) is 0 Å². The van der Waals surface area contributed by atoms with Crippen LogP contribution in [0.5, 0.6) is 0 Å². The van der Waals surface area contributed by atoms with Crippen molar-refractivity contribution in [3.63, 3.8) is 0 Å². The Morgan fingerprint density at radius 3 is 2.58 bits per heavy atom. The van der Waals surface area contributed by atoms with Gasteiger partial charge in [0, 0.05) is 7.05 Å². The molecular weight excluding hydrogens is 273 g/mol. The summed E-state index contributed by atoms with van der Waals surface area (Å²) in [4.78, 5) is 11.2. The van der Waals surface area contributed by atoms with Gasteiger partial charge in [-0.25, -0.2) is 12.8 Å². The van der Waals surface area contributed by atoms with Crippen LogP contribution in [0.3, 0.4) is 0 Å². The van der Waals surface area contributed by atoms with E-state index in [2.05, 4.69) is 4.74 Å². The van der Waals surface area contributed by atoms with Crippen LogP contribution in [0.2, 0.25) is 0 Å². The largest absolute Gasteiger partial charge is 0.465 e. The van der Waals surface area contributed by atoms with Gasteiger partial charge in [-0.2, -0.15) is 4.31 Å². The first-order valence-electron chi connectivity index (χ1n) is 5.67. The van der Waals surface area contributed by atoms with Crippen LogP contribution in [-0.4, -0.2) is 38.9 Å². The van der Waals surface area contributed by atoms with Crippen molar-refractivity contribution >= 4 is 16.0 Å². The number of carbonyl (C=O) groups is 1. The van der Waals surface area contributed by atoms with E-state index < -0.39 is 21.8 Å². The lowest BCUT2D eigenvalue weighted by Crippen LogP contribution is -2.33. The van der Waals surface area contributed by atoms with Crippen molar-refractivity contribution < 1.29 is 22.3 Å². The van der Waals surface area contributed by atoms with Crippen LogP contribution >= 0.6 is 0 Å². The minimum Gasteiger partial charge on any atom is -0.465 e. The van der Waals surface area contributed by atoms with Crippen LogP contribution in [0.4, 0.5) is 4.39 Å². The number of halogens is 1. The number of nitrogens with zero attached hydrogens (tertiary/aromatic N) is 1. The van der Waals surface area contributed by atoms with Gasteiger partial charge in [0.15, 0.2) is 0 Å². The molecule has 1 rings (SSSR count). The molecular formula is C12H16FNO4S. The number of likely N-dealkylation sites (N-methyl/N-ethyl adjacent to an activating group) is 1. The highest BCUT2D eigenvalue weighted by Crippen LogP contribution is 2.17. The van der Waals surface area contributed by atoms with Crippen molar-refractivity contribution in [2.75, 3.05) is 20.2 Å². The van der Waals surface area contributed by atoms with Gasteiger partial charge in [0.25, 0.3) is 0 Å². The predicted octanol–water partition coefficient (Wildman–Crippen LogP) is 1.32. The Morgan fingerprint density at radius 1 is 1.42 bits per heavy atom. The maximum Gasteiger partial charge on any atom is 0.321 e. The number of carbonyl (C=O) groups excluding carboxylic acids is 1. The van der Waals surface area contributed by atoms with Crippen molar-refractivity contribution in [1.82, 2.24) is 4.31 Å². The zero-order valence-electron chi connectivity index (χ0n) is 11.0. The zero-order chi connectivity index (χ0) is 14.6. The molecule has 0 N–H and O–H groups in total. The van der Waals surface area contributed by atoms with Crippen molar-refractivity contribution in [3.8, 4) is 0 Å². The molecule has 19 heavy (non-hydrogen) atoms. The monoisotopic (exact) mass is 289 g/mol. The summed E-state index contributed by atoms with van der Waals surface area (Å²) in [6.45, 7) is 2.91. The third-order valence-electron chi connectivity index (χ3n) is 2.49. The minimum absolute atomic E-state index is 0.0572. The first kappa shape index (κ1) is 15.6. The molecule has 0 aliphatic rings. The van der Waals surface area contributed by atoms with Crippen molar-refractivity contribution in [2.24, 2.45) is 0 Å². The van der Waals surface area contributed by atoms with Gasteiger partial charge in [-0.1, -0.05) is 0 Å². The summed E-state index contributed by atoms with van der Waals surface area (Å²) < 4.78 is 42.9. The second kappa shape index (κ2) is 6.12. The van der Waals surface area contributed by atoms with E-state index in [1.165, 1.54) is 26.1 Å². The van der Waals surface area contributed by atoms with Crippen molar-refractivity contribution in [2.45, 2.75) is 18.7 Å². The zero-order valence-corrected chi connectivity index (χ0v) is 11.8. The summed E-state index contributed by atoms with van der Waals surface area (Å²) in [6, 6.07) is 3.48. The highest BCUT2D eigenvalue weighted by Gasteiger charge is 2.23. The number of aryl methyl sites for hydroxylation is 1. The molecule has 0 bridgehead atoms. The predicted molar refractivity (Wildman–Crippen MR) is 67.6 cm³/mol. The van der Waals surface area contributed by atoms with Crippen molar-refractivity contribution in [1.29, 1.82) is 0 Å². The van der Waals surface area contributed by atoms with Crippen LogP contribution in [0.15, 0.2) is 23.1 Å². The molecule has 0 saturated carbocycles. The lowest BCUT2D eigenvalue weighted by molar-refractivity contribution is -0.143. The summed E-state index contributed by atoms with van der Waals surface area (Å²) in [6.07, 6.45) is 0. The first-order valence-corrected chi connectivity index (χ1v) is 7.11. The number of rotatable bonds is 5. The fourth-order valence-electron chi connectivity index (χ4n) is 1.43. The second-order valence-corrected chi connectivity index (χ2v) is 6.02. The average molecular weight is 289 g/mol. The summed E-state index contributed by atoms with van der Waals surface area (Å²) in [5.41, 5.74) is 0.227. The van der Waals surface area contributed by atoms with E-state index in [1.54, 1.807) is 6.92 Å². The fourth-order valence-corrected chi connectivity index (χ4v) is 2.63. The highest BCUT2D eigenvalue weighted by molar-refractivity contribution is 7.89. The molecule has 5 nitrogen and oxygen atoms in total. The van der Waals surface area contributed by atoms with Crippen LogP contribution in [0.1, 0.15) is 12.5 Å². The third kappa shape index (κ3) is 3.74. The lowest BCUT2D eigenvalue weighted by atomic mass is 10.2. The molecule has 1 aromatic rings. The fraction of sp³-hybridized carbons (Fsp3) is 0.417. The molecule has 0 spiro atoms. The molecule has 0 aliphatic carbocycles.